The molecule has 0 aromatic rings. The Morgan fingerprint density at radius 1 is 1.29 bits per heavy atom. The second-order valence-corrected chi connectivity index (χ2v) is 5.22. The molecule has 0 saturated carbocycles. The lowest BCUT2D eigenvalue weighted by Crippen LogP contribution is -2.61. The van der Waals surface area contributed by atoms with Crippen molar-refractivity contribution in [3.63, 3.8) is 0 Å². The third kappa shape index (κ3) is 3.41. The van der Waals surface area contributed by atoms with Gasteiger partial charge in [0.25, 0.3) is 0 Å². The predicted molar refractivity (Wildman–Crippen MR) is 68.3 cm³/mol. The molecule has 0 amide bonds. The van der Waals surface area contributed by atoms with Crippen LogP contribution in [0.1, 0.15) is 26.7 Å². The van der Waals surface area contributed by atoms with E-state index >= 15 is 0 Å². The maximum atomic E-state index is 5.73. The molecule has 4 nitrogen and oxygen atoms in total. The molecule has 0 aromatic heterocycles. The zero-order valence-electron chi connectivity index (χ0n) is 11.2. The molecular formula is C13H26N2O2. The fourth-order valence-electron chi connectivity index (χ4n) is 2.85. The SMILES string of the molecule is CCC1(CC)CN(CC2COCCO2)CCN1. The highest BCUT2D eigenvalue weighted by Crippen LogP contribution is 2.20. The van der Waals surface area contributed by atoms with E-state index < -0.39 is 0 Å². The number of nitrogens with zero attached hydrogens (tertiary/aromatic N) is 1. The zero-order valence-corrected chi connectivity index (χ0v) is 11.2. The lowest BCUT2D eigenvalue weighted by atomic mass is 9.90. The smallest absolute Gasteiger partial charge is 0.0936 e. The topological polar surface area (TPSA) is 33.7 Å². The maximum absolute atomic E-state index is 5.73. The summed E-state index contributed by atoms with van der Waals surface area (Å²) in [5, 5.41) is 3.69. The van der Waals surface area contributed by atoms with Crippen molar-refractivity contribution in [2.45, 2.75) is 38.3 Å². The molecule has 1 atom stereocenters. The highest BCUT2D eigenvalue weighted by Gasteiger charge is 2.32. The van der Waals surface area contributed by atoms with Crippen LogP contribution in [0.2, 0.25) is 0 Å². The van der Waals surface area contributed by atoms with Gasteiger partial charge in [0, 0.05) is 31.7 Å². The quantitative estimate of drug-likeness (QED) is 0.793. The Morgan fingerprint density at radius 3 is 2.76 bits per heavy atom. The van der Waals surface area contributed by atoms with Gasteiger partial charge in [0.05, 0.1) is 25.9 Å². The molecule has 2 rings (SSSR count). The molecule has 2 aliphatic heterocycles. The first-order chi connectivity index (χ1) is 8.28. The molecule has 0 aliphatic carbocycles. The van der Waals surface area contributed by atoms with Crippen LogP contribution in [-0.4, -0.2) is 62.5 Å². The van der Waals surface area contributed by atoms with Crippen LogP contribution in [0.15, 0.2) is 0 Å². The summed E-state index contributed by atoms with van der Waals surface area (Å²) in [5.41, 5.74) is 0.313. The van der Waals surface area contributed by atoms with Gasteiger partial charge in [-0.3, -0.25) is 4.90 Å². The van der Waals surface area contributed by atoms with E-state index in [4.69, 9.17) is 9.47 Å². The summed E-state index contributed by atoms with van der Waals surface area (Å²) < 4.78 is 11.2. The number of piperazine rings is 1. The van der Waals surface area contributed by atoms with Crippen molar-refractivity contribution < 1.29 is 9.47 Å². The molecule has 4 heteroatoms. The average Bonchev–Trinajstić information content (AvgIpc) is 2.40. The third-order valence-electron chi connectivity index (χ3n) is 4.15. The van der Waals surface area contributed by atoms with Gasteiger partial charge in [-0.2, -0.15) is 0 Å². The predicted octanol–water partition coefficient (Wildman–Crippen LogP) is 0.866. The van der Waals surface area contributed by atoms with Crippen LogP contribution in [-0.2, 0) is 9.47 Å². The molecule has 17 heavy (non-hydrogen) atoms. The van der Waals surface area contributed by atoms with Crippen molar-refractivity contribution in [1.29, 1.82) is 0 Å². The molecule has 2 saturated heterocycles. The first kappa shape index (κ1) is 13.3. The van der Waals surface area contributed by atoms with E-state index in [2.05, 4.69) is 24.1 Å². The monoisotopic (exact) mass is 242 g/mol. The standard InChI is InChI=1S/C13H26N2O2/c1-3-13(4-2)11-15(6-5-14-13)9-12-10-16-7-8-17-12/h12,14H,3-11H2,1-2H3. The first-order valence-corrected chi connectivity index (χ1v) is 6.95. The summed E-state index contributed by atoms with van der Waals surface area (Å²) in [5.74, 6) is 0. The van der Waals surface area contributed by atoms with Crippen molar-refractivity contribution in [3.8, 4) is 0 Å². The third-order valence-corrected chi connectivity index (χ3v) is 4.15. The largest absolute Gasteiger partial charge is 0.376 e. The second kappa shape index (κ2) is 6.14. The molecule has 2 aliphatic rings. The lowest BCUT2D eigenvalue weighted by molar-refractivity contribution is -0.101. The van der Waals surface area contributed by atoms with Crippen LogP contribution in [0.3, 0.4) is 0 Å². The second-order valence-electron chi connectivity index (χ2n) is 5.22. The van der Waals surface area contributed by atoms with Crippen LogP contribution in [0.4, 0.5) is 0 Å². The molecule has 100 valence electrons. The Morgan fingerprint density at radius 2 is 2.12 bits per heavy atom. The van der Waals surface area contributed by atoms with Gasteiger partial charge in [-0.05, 0) is 12.8 Å². The van der Waals surface area contributed by atoms with Crippen molar-refractivity contribution in [3.05, 3.63) is 0 Å². The van der Waals surface area contributed by atoms with E-state index in [9.17, 15) is 0 Å². The van der Waals surface area contributed by atoms with E-state index in [1.165, 1.54) is 12.8 Å². The van der Waals surface area contributed by atoms with Crippen molar-refractivity contribution in [2.24, 2.45) is 0 Å². The molecule has 1 unspecified atom stereocenters. The maximum Gasteiger partial charge on any atom is 0.0936 e. The first-order valence-electron chi connectivity index (χ1n) is 6.95. The van der Waals surface area contributed by atoms with Crippen LogP contribution < -0.4 is 5.32 Å². The number of hydrogen-bond acceptors (Lipinski definition) is 4. The number of hydrogen-bond donors (Lipinski definition) is 1. The van der Waals surface area contributed by atoms with E-state index in [-0.39, 0.29) is 6.10 Å². The van der Waals surface area contributed by atoms with Gasteiger partial charge >= 0.3 is 0 Å². The summed E-state index contributed by atoms with van der Waals surface area (Å²) in [4.78, 5) is 2.53. The van der Waals surface area contributed by atoms with Gasteiger partial charge in [-0.1, -0.05) is 13.8 Å². The molecule has 0 radical (unpaired) electrons. The molecule has 2 heterocycles. The lowest BCUT2D eigenvalue weighted by Gasteiger charge is -2.44. The van der Waals surface area contributed by atoms with Crippen molar-refractivity contribution in [1.82, 2.24) is 10.2 Å². The average molecular weight is 242 g/mol. The molecule has 0 spiro atoms. The van der Waals surface area contributed by atoms with E-state index in [1.54, 1.807) is 0 Å². The number of ether oxygens (including phenoxy) is 2. The molecule has 0 bridgehead atoms. The molecule has 2 fully saturated rings. The Balaban J connectivity index is 1.84. The van der Waals surface area contributed by atoms with E-state index in [1.807, 2.05) is 0 Å². The van der Waals surface area contributed by atoms with E-state index in [0.717, 1.165) is 46.0 Å². The highest BCUT2D eigenvalue weighted by molar-refractivity contribution is 4.93. The van der Waals surface area contributed by atoms with Gasteiger partial charge in [-0.25, -0.2) is 0 Å². The Bertz CT molecular complexity index is 225. The molecular weight excluding hydrogens is 216 g/mol. The van der Waals surface area contributed by atoms with Crippen LogP contribution >= 0.6 is 0 Å². The van der Waals surface area contributed by atoms with Crippen molar-refractivity contribution >= 4 is 0 Å². The Hall–Kier alpha value is -0.160. The Kier molecular flexibility index (Phi) is 4.79. The van der Waals surface area contributed by atoms with Gasteiger partial charge in [0.15, 0.2) is 0 Å². The fraction of sp³-hybridized carbons (Fsp3) is 1.00. The summed E-state index contributed by atoms with van der Waals surface area (Å²) in [6.07, 6.45) is 2.66. The molecule has 1 N–H and O–H groups in total. The Labute approximate surface area is 105 Å². The minimum absolute atomic E-state index is 0.272. The van der Waals surface area contributed by atoms with Crippen LogP contribution in [0, 0.1) is 0 Å². The minimum atomic E-state index is 0.272. The summed E-state index contributed by atoms with van der Waals surface area (Å²) in [7, 11) is 0. The van der Waals surface area contributed by atoms with Crippen LogP contribution in [0.5, 0.6) is 0 Å². The van der Waals surface area contributed by atoms with Gasteiger partial charge in [-0.15, -0.1) is 0 Å². The van der Waals surface area contributed by atoms with Crippen molar-refractivity contribution in [2.75, 3.05) is 46.0 Å². The van der Waals surface area contributed by atoms with Gasteiger partial charge in [0.2, 0.25) is 0 Å². The zero-order chi connectivity index (χ0) is 12.1. The molecule has 0 aromatic carbocycles. The summed E-state index contributed by atoms with van der Waals surface area (Å²) in [6, 6.07) is 0. The number of nitrogens with one attached hydrogen (secondary N) is 1. The van der Waals surface area contributed by atoms with Gasteiger partial charge < -0.3 is 14.8 Å². The minimum Gasteiger partial charge on any atom is -0.376 e. The van der Waals surface area contributed by atoms with Gasteiger partial charge in [0.1, 0.15) is 0 Å². The number of rotatable bonds is 4. The highest BCUT2D eigenvalue weighted by atomic mass is 16.6. The van der Waals surface area contributed by atoms with Crippen LogP contribution in [0.25, 0.3) is 0 Å². The summed E-state index contributed by atoms with van der Waals surface area (Å²) >= 11 is 0. The van der Waals surface area contributed by atoms with E-state index in [0.29, 0.717) is 5.54 Å². The normalized spacial score (nSPS) is 30.4. The summed E-state index contributed by atoms with van der Waals surface area (Å²) in [6.45, 7) is 11.2. The fourth-order valence-corrected chi connectivity index (χ4v) is 2.85.